The quantitative estimate of drug-likeness (QED) is 0.814. The lowest BCUT2D eigenvalue weighted by molar-refractivity contribution is 0.0691. The van der Waals surface area contributed by atoms with Crippen LogP contribution in [0.3, 0.4) is 0 Å². The summed E-state index contributed by atoms with van der Waals surface area (Å²) in [4.78, 5) is 25.0. The first-order valence-electron chi connectivity index (χ1n) is 5.25. The molecule has 5 heteroatoms. The number of aromatic nitrogens is 1. The van der Waals surface area contributed by atoms with Crippen molar-refractivity contribution in [3.05, 3.63) is 59.2 Å². The highest BCUT2D eigenvalue weighted by atomic mass is 19.1. The molecule has 2 aromatic rings. The summed E-state index contributed by atoms with van der Waals surface area (Å²) < 4.78 is 12.7. The van der Waals surface area contributed by atoms with Gasteiger partial charge in [0.15, 0.2) is 5.78 Å². The van der Waals surface area contributed by atoms with Gasteiger partial charge >= 0.3 is 5.97 Å². The molecule has 1 aromatic carbocycles. The van der Waals surface area contributed by atoms with Crippen molar-refractivity contribution in [3.8, 4) is 0 Å². The molecule has 0 amide bonds. The van der Waals surface area contributed by atoms with Crippen LogP contribution < -0.4 is 0 Å². The number of aromatic carboxylic acids is 1. The van der Waals surface area contributed by atoms with Gasteiger partial charge in [-0.15, -0.1) is 0 Å². The van der Waals surface area contributed by atoms with Gasteiger partial charge in [0.05, 0.1) is 0 Å². The summed E-state index contributed by atoms with van der Waals surface area (Å²) in [6.07, 6.45) is 1.46. The summed E-state index contributed by atoms with van der Waals surface area (Å²) in [6.45, 7) is 0. The van der Waals surface area contributed by atoms with E-state index in [-0.39, 0.29) is 23.7 Å². The van der Waals surface area contributed by atoms with Crippen molar-refractivity contribution < 1.29 is 19.1 Å². The number of ketones is 1. The summed E-state index contributed by atoms with van der Waals surface area (Å²) in [7, 11) is 0. The molecule has 0 spiro atoms. The van der Waals surface area contributed by atoms with E-state index in [4.69, 9.17) is 5.11 Å². The molecule has 0 bridgehead atoms. The highest BCUT2D eigenvalue weighted by molar-refractivity contribution is 5.99. The number of rotatable bonds is 4. The van der Waals surface area contributed by atoms with E-state index in [2.05, 4.69) is 4.98 Å². The molecule has 1 heterocycles. The number of carboxylic acid groups (broad SMARTS) is 1. The summed E-state index contributed by atoms with van der Waals surface area (Å²) >= 11 is 0. The Morgan fingerprint density at radius 1 is 1.22 bits per heavy atom. The van der Waals surface area contributed by atoms with E-state index >= 15 is 0 Å². The van der Waals surface area contributed by atoms with Crippen molar-refractivity contribution in [1.82, 2.24) is 4.98 Å². The van der Waals surface area contributed by atoms with Crippen molar-refractivity contribution in [1.29, 1.82) is 0 Å². The number of H-pyrrole nitrogens is 1. The number of nitrogens with one attached hydrogen (secondary N) is 1. The zero-order chi connectivity index (χ0) is 13.1. The normalized spacial score (nSPS) is 10.3. The van der Waals surface area contributed by atoms with Gasteiger partial charge in [0.2, 0.25) is 0 Å². The third kappa shape index (κ3) is 2.63. The van der Waals surface area contributed by atoms with Gasteiger partial charge in [-0.25, -0.2) is 9.18 Å². The van der Waals surface area contributed by atoms with Crippen LogP contribution in [0.25, 0.3) is 0 Å². The number of carbonyl (C=O) groups is 2. The molecular formula is C13H10FNO3. The maximum absolute atomic E-state index is 12.7. The molecular weight excluding hydrogens is 237 g/mol. The molecule has 0 aliphatic carbocycles. The molecule has 0 fully saturated rings. The molecule has 0 aliphatic heterocycles. The fourth-order valence-electron chi connectivity index (χ4n) is 1.57. The summed E-state index contributed by atoms with van der Waals surface area (Å²) in [6, 6.07) is 6.90. The number of Topliss-reactive ketones (excluding diaryl/α,β-unsaturated/α-hetero) is 1. The molecule has 2 N–H and O–H groups in total. The second-order valence-electron chi connectivity index (χ2n) is 3.83. The number of carboxylic acids is 1. The van der Waals surface area contributed by atoms with Crippen LogP contribution in [0.2, 0.25) is 0 Å². The predicted octanol–water partition coefficient (Wildman–Crippen LogP) is 2.28. The molecule has 0 saturated heterocycles. The van der Waals surface area contributed by atoms with Gasteiger partial charge in [0.25, 0.3) is 0 Å². The Labute approximate surface area is 102 Å². The fourth-order valence-corrected chi connectivity index (χ4v) is 1.57. The van der Waals surface area contributed by atoms with E-state index in [0.29, 0.717) is 11.1 Å². The highest BCUT2D eigenvalue weighted by Crippen LogP contribution is 2.10. The van der Waals surface area contributed by atoms with E-state index in [1.54, 1.807) is 0 Å². The molecule has 0 radical (unpaired) electrons. The summed E-state index contributed by atoms with van der Waals surface area (Å²) in [5, 5.41) is 8.72. The SMILES string of the molecule is O=C(Cc1ccc(F)cc1)c1c[nH]c(C(=O)O)c1. The Balaban J connectivity index is 2.11. The fraction of sp³-hybridized carbons (Fsp3) is 0.0769. The average Bonchev–Trinajstić information content (AvgIpc) is 2.81. The molecule has 2 rings (SSSR count). The smallest absolute Gasteiger partial charge is 0.352 e. The number of halogens is 1. The molecule has 0 saturated carbocycles. The first kappa shape index (κ1) is 12.0. The van der Waals surface area contributed by atoms with Crippen molar-refractivity contribution in [2.24, 2.45) is 0 Å². The van der Waals surface area contributed by atoms with Crippen LogP contribution in [0.5, 0.6) is 0 Å². The molecule has 0 atom stereocenters. The molecule has 0 unspecified atom stereocenters. The van der Waals surface area contributed by atoms with Crippen LogP contribution in [0.1, 0.15) is 26.4 Å². The number of hydrogen-bond acceptors (Lipinski definition) is 2. The van der Waals surface area contributed by atoms with Gasteiger partial charge in [0.1, 0.15) is 11.5 Å². The standard InChI is InChI=1S/C13H10FNO3/c14-10-3-1-8(2-4-10)5-12(16)9-6-11(13(17)18)15-7-9/h1-4,6-7,15H,5H2,(H,17,18). The lowest BCUT2D eigenvalue weighted by Gasteiger charge is -1.98. The van der Waals surface area contributed by atoms with Gasteiger partial charge in [-0.1, -0.05) is 12.1 Å². The number of aromatic amines is 1. The van der Waals surface area contributed by atoms with E-state index in [1.807, 2.05) is 0 Å². The van der Waals surface area contributed by atoms with Gasteiger partial charge in [0, 0.05) is 18.2 Å². The monoisotopic (exact) mass is 247 g/mol. The van der Waals surface area contributed by atoms with Crippen LogP contribution >= 0.6 is 0 Å². The van der Waals surface area contributed by atoms with Crippen molar-refractivity contribution >= 4 is 11.8 Å². The Bertz CT molecular complexity index is 587. The lowest BCUT2D eigenvalue weighted by atomic mass is 10.1. The molecule has 18 heavy (non-hydrogen) atoms. The maximum Gasteiger partial charge on any atom is 0.352 e. The predicted molar refractivity (Wildman–Crippen MR) is 62.2 cm³/mol. The topological polar surface area (TPSA) is 70.2 Å². The van der Waals surface area contributed by atoms with Crippen molar-refractivity contribution in [2.45, 2.75) is 6.42 Å². The van der Waals surface area contributed by atoms with E-state index < -0.39 is 5.97 Å². The van der Waals surface area contributed by atoms with Crippen LogP contribution in [0, 0.1) is 5.82 Å². The third-order valence-corrected chi connectivity index (χ3v) is 2.51. The summed E-state index contributed by atoms with van der Waals surface area (Å²) in [5.74, 6) is -1.69. The molecule has 4 nitrogen and oxygen atoms in total. The van der Waals surface area contributed by atoms with Gasteiger partial charge in [-0.3, -0.25) is 4.79 Å². The van der Waals surface area contributed by atoms with Crippen molar-refractivity contribution in [3.63, 3.8) is 0 Å². The maximum atomic E-state index is 12.7. The van der Waals surface area contributed by atoms with Crippen molar-refractivity contribution in [2.75, 3.05) is 0 Å². The Kier molecular flexibility index (Phi) is 3.23. The number of carbonyl (C=O) groups excluding carboxylic acids is 1. The lowest BCUT2D eigenvalue weighted by Crippen LogP contribution is -2.02. The zero-order valence-corrected chi connectivity index (χ0v) is 9.31. The first-order chi connectivity index (χ1) is 8.56. The minimum Gasteiger partial charge on any atom is -0.477 e. The van der Waals surface area contributed by atoms with Crippen LogP contribution in [0.4, 0.5) is 4.39 Å². The second kappa shape index (κ2) is 4.83. The molecule has 0 aliphatic rings. The van der Waals surface area contributed by atoms with Crippen LogP contribution in [-0.4, -0.2) is 21.8 Å². The van der Waals surface area contributed by atoms with E-state index in [0.717, 1.165) is 0 Å². The van der Waals surface area contributed by atoms with Crippen LogP contribution in [0.15, 0.2) is 36.5 Å². The highest BCUT2D eigenvalue weighted by Gasteiger charge is 2.12. The first-order valence-corrected chi connectivity index (χ1v) is 5.25. The average molecular weight is 247 g/mol. The Morgan fingerprint density at radius 2 is 1.89 bits per heavy atom. The number of benzene rings is 1. The number of hydrogen-bond donors (Lipinski definition) is 2. The van der Waals surface area contributed by atoms with Gasteiger partial charge in [-0.2, -0.15) is 0 Å². The Morgan fingerprint density at radius 3 is 2.44 bits per heavy atom. The van der Waals surface area contributed by atoms with E-state index in [9.17, 15) is 14.0 Å². The Hall–Kier alpha value is -2.43. The third-order valence-electron chi connectivity index (χ3n) is 2.51. The van der Waals surface area contributed by atoms with Gasteiger partial charge in [-0.05, 0) is 23.8 Å². The van der Waals surface area contributed by atoms with E-state index in [1.165, 1.54) is 36.5 Å². The largest absolute Gasteiger partial charge is 0.477 e. The second-order valence-corrected chi connectivity index (χ2v) is 3.83. The summed E-state index contributed by atoms with van der Waals surface area (Å²) in [5.41, 5.74) is 0.952. The van der Waals surface area contributed by atoms with Gasteiger partial charge < -0.3 is 10.1 Å². The molecule has 92 valence electrons. The minimum absolute atomic E-state index is 0.0301. The molecule has 1 aromatic heterocycles. The minimum atomic E-state index is -1.11. The van der Waals surface area contributed by atoms with Crippen LogP contribution in [-0.2, 0) is 6.42 Å². The zero-order valence-electron chi connectivity index (χ0n) is 9.31.